The van der Waals surface area contributed by atoms with Crippen molar-refractivity contribution in [2.75, 3.05) is 11.9 Å². The summed E-state index contributed by atoms with van der Waals surface area (Å²) >= 11 is 0. The lowest BCUT2D eigenvalue weighted by molar-refractivity contribution is -0.137. The number of hydrogen-bond donors (Lipinski definition) is 1. The third kappa shape index (κ3) is 4.13. The Hall–Kier alpha value is -3.62. The third-order valence-electron chi connectivity index (χ3n) is 4.44. The number of furan rings is 1. The number of hydrogen-bond acceptors (Lipinski definition) is 7. The standard InChI is InChI=1S/C20H20N4O5/c1-2-9-24(12-17-22-23-20(29-17)15-8-5-10-27-15)18(25)11-16-19(26)21-13-6-3-4-7-14(13)28-16/h3-8,10,16H,2,9,11-12H2,1H3,(H,21,26)/t16-/m0/s1. The molecule has 0 saturated carbocycles. The highest BCUT2D eigenvalue weighted by molar-refractivity contribution is 5.99. The van der Waals surface area contributed by atoms with Gasteiger partial charge in [-0.25, -0.2) is 0 Å². The van der Waals surface area contributed by atoms with Crippen LogP contribution in [0, 0.1) is 0 Å². The molecule has 1 N–H and O–H groups in total. The fraction of sp³-hybridized carbons (Fsp3) is 0.300. The predicted molar refractivity (Wildman–Crippen MR) is 102 cm³/mol. The maximum Gasteiger partial charge on any atom is 0.283 e. The number of rotatable bonds is 7. The Kier molecular flexibility index (Phi) is 5.28. The number of para-hydroxylation sites is 2. The van der Waals surface area contributed by atoms with Gasteiger partial charge in [-0.15, -0.1) is 10.2 Å². The number of aromatic nitrogens is 2. The number of benzene rings is 1. The molecule has 0 radical (unpaired) electrons. The van der Waals surface area contributed by atoms with Crippen molar-refractivity contribution in [1.82, 2.24) is 15.1 Å². The van der Waals surface area contributed by atoms with Gasteiger partial charge in [-0.05, 0) is 30.7 Å². The van der Waals surface area contributed by atoms with E-state index in [1.807, 2.05) is 13.0 Å². The summed E-state index contributed by atoms with van der Waals surface area (Å²) in [6.45, 7) is 2.59. The second-order valence-electron chi connectivity index (χ2n) is 6.59. The van der Waals surface area contributed by atoms with Crippen molar-refractivity contribution in [3.63, 3.8) is 0 Å². The van der Waals surface area contributed by atoms with Gasteiger partial charge in [0, 0.05) is 6.54 Å². The minimum atomic E-state index is -0.891. The zero-order valence-corrected chi connectivity index (χ0v) is 15.8. The Morgan fingerprint density at radius 2 is 2.07 bits per heavy atom. The zero-order valence-electron chi connectivity index (χ0n) is 15.8. The molecule has 0 aliphatic carbocycles. The van der Waals surface area contributed by atoms with Gasteiger partial charge in [0.15, 0.2) is 11.9 Å². The maximum absolute atomic E-state index is 12.9. The van der Waals surface area contributed by atoms with Crippen LogP contribution in [0.2, 0.25) is 0 Å². The summed E-state index contributed by atoms with van der Waals surface area (Å²) in [7, 11) is 0. The smallest absolute Gasteiger partial charge is 0.283 e. The van der Waals surface area contributed by atoms with Gasteiger partial charge in [-0.2, -0.15) is 0 Å². The topological polar surface area (TPSA) is 111 Å². The van der Waals surface area contributed by atoms with Gasteiger partial charge < -0.3 is 23.8 Å². The molecule has 4 rings (SSSR count). The number of amides is 2. The first-order chi connectivity index (χ1) is 14.1. The molecule has 29 heavy (non-hydrogen) atoms. The highest BCUT2D eigenvalue weighted by atomic mass is 16.5. The first-order valence-corrected chi connectivity index (χ1v) is 9.34. The Morgan fingerprint density at radius 1 is 1.21 bits per heavy atom. The van der Waals surface area contributed by atoms with Gasteiger partial charge >= 0.3 is 0 Å². The van der Waals surface area contributed by atoms with Crippen LogP contribution in [0.4, 0.5) is 5.69 Å². The average Bonchev–Trinajstić information content (AvgIpc) is 3.40. The Bertz CT molecular complexity index is 998. The first kappa shape index (κ1) is 18.7. The van der Waals surface area contributed by atoms with Gasteiger partial charge in [0.25, 0.3) is 11.8 Å². The molecule has 0 saturated heterocycles. The number of fused-ring (bicyclic) bond motifs is 1. The number of anilines is 1. The van der Waals surface area contributed by atoms with Crippen molar-refractivity contribution in [1.29, 1.82) is 0 Å². The van der Waals surface area contributed by atoms with E-state index in [4.69, 9.17) is 13.6 Å². The van der Waals surface area contributed by atoms with Crippen LogP contribution in [0.5, 0.6) is 5.75 Å². The second kappa shape index (κ2) is 8.17. The lowest BCUT2D eigenvalue weighted by Gasteiger charge is -2.27. The molecular weight excluding hydrogens is 376 g/mol. The number of nitrogens with one attached hydrogen (secondary N) is 1. The normalized spacial score (nSPS) is 15.3. The third-order valence-corrected chi connectivity index (χ3v) is 4.44. The van der Waals surface area contributed by atoms with Crippen molar-refractivity contribution in [3.8, 4) is 17.4 Å². The Balaban J connectivity index is 1.43. The molecule has 2 aromatic heterocycles. The van der Waals surface area contributed by atoms with Crippen LogP contribution in [-0.4, -0.2) is 39.6 Å². The van der Waals surface area contributed by atoms with Crippen molar-refractivity contribution < 1.29 is 23.2 Å². The van der Waals surface area contributed by atoms with Crippen LogP contribution in [0.25, 0.3) is 11.7 Å². The SMILES string of the molecule is CCCN(Cc1nnc(-c2ccco2)o1)C(=O)C[C@@H]1Oc2ccccc2NC1=O. The molecule has 1 aromatic carbocycles. The van der Waals surface area contributed by atoms with Crippen LogP contribution >= 0.6 is 0 Å². The number of carbonyl (C=O) groups is 2. The van der Waals surface area contributed by atoms with E-state index in [0.29, 0.717) is 23.7 Å². The molecule has 1 atom stereocenters. The molecule has 1 aliphatic rings. The van der Waals surface area contributed by atoms with Crippen LogP contribution in [0.15, 0.2) is 51.5 Å². The molecule has 150 valence electrons. The molecule has 9 nitrogen and oxygen atoms in total. The average molecular weight is 396 g/mol. The first-order valence-electron chi connectivity index (χ1n) is 9.34. The van der Waals surface area contributed by atoms with Gasteiger partial charge in [0.2, 0.25) is 11.8 Å². The van der Waals surface area contributed by atoms with Gasteiger partial charge in [-0.1, -0.05) is 19.1 Å². The molecule has 0 unspecified atom stereocenters. The van der Waals surface area contributed by atoms with Gasteiger partial charge in [0.05, 0.1) is 24.9 Å². The van der Waals surface area contributed by atoms with E-state index in [-0.39, 0.29) is 36.6 Å². The molecule has 0 spiro atoms. The predicted octanol–water partition coefficient (Wildman–Crippen LogP) is 2.86. The lowest BCUT2D eigenvalue weighted by atomic mass is 10.1. The molecule has 1 aliphatic heterocycles. The highest BCUT2D eigenvalue weighted by Crippen LogP contribution is 2.30. The maximum atomic E-state index is 12.9. The summed E-state index contributed by atoms with van der Waals surface area (Å²) in [5.41, 5.74) is 0.600. The highest BCUT2D eigenvalue weighted by Gasteiger charge is 2.31. The summed E-state index contributed by atoms with van der Waals surface area (Å²) in [5, 5.41) is 10.7. The molecule has 9 heteroatoms. The minimum absolute atomic E-state index is 0.0840. The van der Waals surface area contributed by atoms with Crippen molar-refractivity contribution in [2.24, 2.45) is 0 Å². The number of ether oxygens (including phenoxy) is 1. The van der Waals surface area contributed by atoms with E-state index in [1.54, 1.807) is 35.2 Å². The molecule has 3 heterocycles. The summed E-state index contributed by atoms with van der Waals surface area (Å²) in [5.74, 6) is 0.976. The van der Waals surface area contributed by atoms with Crippen LogP contribution in [-0.2, 0) is 16.1 Å². The second-order valence-corrected chi connectivity index (χ2v) is 6.59. The molecule has 0 bridgehead atoms. The fourth-order valence-electron chi connectivity index (χ4n) is 3.06. The summed E-state index contributed by atoms with van der Waals surface area (Å²) < 4.78 is 16.6. The Labute approximate surface area is 166 Å². The van der Waals surface area contributed by atoms with Crippen molar-refractivity contribution in [2.45, 2.75) is 32.4 Å². The van der Waals surface area contributed by atoms with Crippen molar-refractivity contribution >= 4 is 17.5 Å². The van der Waals surface area contributed by atoms with E-state index < -0.39 is 6.10 Å². The fourth-order valence-corrected chi connectivity index (χ4v) is 3.06. The quantitative estimate of drug-likeness (QED) is 0.654. The van der Waals surface area contributed by atoms with E-state index in [0.717, 1.165) is 6.42 Å². The molecule has 2 amide bonds. The monoisotopic (exact) mass is 396 g/mol. The number of nitrogens with zero attached hydrogens (tertiary/aromatic N) is 3. The van der Waals surface area contributed by atoms with Crippen molar-refractivity contribution in [3.05, 3.63) is 48.6 Å². The van der Waals surface area contributed by atoms with Crippen LogP contribution in [0.3, 0.4) is 0 Å². The zero-order chi connectivity index (χ0) is 20.2. The van der Waals surface area contributed by atoms with Crippen LogP contribution < -0.4 is 10.1 Å². The van der Waals surface area contributed by atoms with Crippen LogP contribution in [0.1, 0.15) is 25.7 Å². The lowest BCUT2D eigenvalue weighted by Crippen LogP contribution is -2.42. The van der Waals surface area contributed by atoms with E-state index in [2.05, 4.69) is 15.5 Å². The summed E-state index contributed by atoms with van der Waals surface area (Å²) in [4.78, 5) is 26.7. The van der Waals surface area contributed by atoms with E-state index >= 15 is 0 Å². The van der Waals surface area contributed by atoms with E-state index in [1.165, 1.54) is 6.26 Å². The molecular formula is C20H20N4O5. The van der Waals surface area contributed by atoms with E-state index in [9.17, 15) is 9.59 Å². The summed E-state index contributed by atoms with van der Waals surface area (Å²) in [6, 6.07) is 10.6. The van der Waals surface area contributed by atoms with Gasteiger partial charge in [-0.3, -0.25) is 9.59 Å². The molecule has 0 fully saturated rings. The summed E-state index contributed by atoms with van der Waals surface area (Å²) in [6.07, 6.45) is 1.28. The number of carbonyl (C=O) groups excluding carboxylic acids is 2. The molecule has 3 aromatic rings. The minimum Gasteiger partial charge on any atom is -0.478 e. The van der Waals surface area contributed by atoms with Gasteiger partial charge in [0.1, 0.15) is 5.75 Å². The largest absolute Gasteiger partial charge is 0.478 e. The Morgan fingerprint density at radius 3 is 2.86 bits per heavy atom.